The van der Waals surface area contributed by atoms with E-state index < -0.39 is 0 Å². The van der Waals surface area contributed by atoms with Gasteiger partial charge in [0.1, 0.15) is 0 Å². The van der Waals surface area contributed by atoms with Crippen LogP contribution in [0.5, 0.6) is 0 Å². The summed E-state index contributed by atoms with van der Waals surface area (Å²) in [5.74, 6) is 3.14. The second-order valence-electron chi connectivity index (χ2n) is 12.1. The summed E-state index contributed by atoms with van der Waals surface area (Å²) in [6.45, 7) is 9.05. The molecular weight excluding hydrogens is 368 g/mol. The van der Waals surface area contributed by atoms with E-state index in [4.69, 9.17) is 0 Å². The van der Waals surface area contributed by atoms with Crippen LogP contribution in [-0.2, 0) is 9.59 Å². The summed E-state index contributed by atoms with van der Waals surface area (Å²) in [6.07, 6.45) is 8.82. The Balaban J connectivity index is 1.25. The second-order valence-corrected chi connectivity index (χ2v) is 12.1. The van der Waals surface area contributed by atoms with Gasteiger partial charge < -0.3 is 0 Å². The number of carbonyl (C=O) groups is 2. The smallest absolute Gasteiger partial charge is 0.165 e. The average molecular weight is 399 g/mol. The number of hydrogen-bond acceptors (Lipinski definition) is 2. The van der Waals surface area contributed by atoms with Crippen molar-refractivity contribution < 1.29 is 9.59 Å². The Morgan fingerprint density at radius 3 is 1.57 bits per heavy atom. The maximum atomic E-state index is 13.2. The number of hydrogen-bond donors (Lipinski definition) is 0. The number of Topliss-reactive ketones (excluding diaryl/α,β-unsaturated/α-hetero) is 2. The Bertz CT molecular complexity index is 1050. The molecule has 8 atom stereocenters. The van der Waals surface area contributed by atoms with Crippen LogP contribution >= 0.6 is 0 Å². The minimum atomic E-state index is -0.132. The van der Waals surface area contributed by atoms with Gasteiger partial charge in [-0.05, 0) is 101 Å². The Hall–Kier alpha value is -1.96. The normalized spacial score (nSPS) is 54.3. The van der Waals surface area contributed by atoms with E-state index in [2.05, 4.69) is 64.1 Å². The van der Waals surface area contributed by atoms with Crippen molar-refractivity contribution in [3.63, 3.8) is 0 Å². The van der Waals surface area contributed by atoms with Crippen LogP contribution in [0.1, 0.15) is 64.5 Å². The molecule has 0 heterocycles. The predicted molar refractivity (Wildman–Crippen MR) is 117 cm³/mol. The van der Waals surface area contributed by atoms with Crippen LogP contribution in [-0.4, -0.2) is 11.6 Å². The molecule has 0 radical (unpaired) electrons. The van der Waals surface area contributed by atoms with Crippen molar-refractivity contribution in [1.29, 1.82) is 0 Å². The zero-order chi connectivity index (χ0) is 20.8. The molecule has 8 unspecified atom stereocenters. The van der Waals surface area contributed by atoms with E-state index in [1.807, 2.05) is 0 Å². The fourth-order valence-corrected chi connectivity index (χ4v) is 9.18. The molecule has 0 N–H and O–H groups in total. The van der Waals surface area contributed by atoms with E-state index in [9.17, 15) is 9.59 Å². The maximum Gasteiger partial charge on any atom is 0.165 e. The SMILES string of the molecule is CC12CC3CC(C(=Cc4cccc(C=C5C(=O)C6(C)CC7CC5C76C)c4)C1=O)C32C. The van der Waals surface area contributed by atoms with E-state index in [1.165, 1.54) is 12.8 Å². The Morgan fingerprint density at radius 2 is 1.20 bits per heavy atom. The van der Waals surface area contributed by atoms with Gasteiger partial charge in [0.15, 0.2) is 11.6 Å². The number of rotatable bonds is 2. The van der Waals surface area contributed by atoms with Gasteiger partial charge >= 0.3 is 0 Å². The molecule has 6 fully saturated rings. The van der Waals surface area contributed by atoms with E-state index in [0.29, 0.717) is 23.4 Å². The van der Waals surface area contributed by atoms with E-state index in [0.717, 1.165) is 47.0 Å². The Morgan fingerprint density at radius 1 is 0.767 bits per heavy atom. The van der Waals surface area contributed by atoms with Crippen LogP contribution in [0.3, 0.4) is 0 Å². The molecule has 0 amide bonds. The highest BCUT2D eigenvalue weighted by Crippen LogP contribution is 2.81. The first-order chi connectivity index (χ1) is 14.1. The monoisotopic (exact) mass is 398 g/mol. The first-order valence-corrected chi connectivity index (χ1v) is 11.8. The topological polar surface area (TPSA) is 34.1 Å². The van der Waals surface area contributed by atoms with E-state index in [-0.39, 0.29) is 21.7 Å². The first-order valence-electron chi connectivity index (χ1n) is 11.8. The third-order valence-electron chi connectivity index (χ3n) is 11.7. The van der Waals surface area contributed by atoms with Gasteiger partial charge in [-0.2, -0.15) is 0 Å². The molecule has 0 saturated heterocycles. The van der Waals surface area contributed by atoms with Crippen molar-refractivity contribution in [2.24, 2.45) is 45.3 Å². The molecule has 2 heteroatoms. The largest absolute Gasteiger partial charge is 0.294 e. The summed E-state index contributed by atoms with van der Waals surface area (Å²) in [5, 5.41) is 0. The van der Waals surface area contributed by atoms with Gasteiger partial charge in [-0.3, -0.25) is 9.59 Å². The lowest BCUT2D eigenvalue weighted by Gasteiger charge is -2.67. The van der Waals surface area contributed by atoms with Gasteiger partial charge in [0.25, 0.3) is 0 Å². The van der Waals surface area contributed by atoms with Gasteiger partial charge in [0, 0.05) is 10.8 Å². The summed E-state index contributed by atoms with van der Waals surface area (Å²) in [7, 11) is 0. The number of allylic oxidation sites excluding steroid dienone is 2. The Labute approximate surface area is 178 Å². The van der Waals surface area contributed by atoms with Crippen molar-refractivity contribution in [1.82, 2.24) is 0 Å². The summed E-state index contributed by atoms with van der Waals surface area (Å²) >= 11 is 0. The highest BCUT2D eigenvalue weighted by atomic mass is 16.1. The average Bonchev–Trinajstić information content (AvgIpc) is 2.89. The molecule has 6 aliphatic rings. The molecule has 7 rings (SSSR count). The molecule has 0 spiro atoms. The fourth-order valence-electron chi connectivity index (χ4n) is 9.18. The van der Waals surface area contributed by atoms with Crippen molar-refractivity contribution in [2.75, 3.05) is 0 Å². The summed E-state index contributed by atoms with van der Waals surface area (Å²) < 4.78 is 0. The number of carbonyl (C=O) groups excluding carboxylic acids is 2. The quantitative estimate of drug-likeness (QED) is 0.597. The molecule has 0 aliphatic heterocycles. The van der Waals surface area contributed by atoms with Gasteiger partial charge in [-0.15, -0.1) is 0 Å². The summed E-state index contributed by atoms with van der Waals surface area (Å²) in [5.41, 5.74) is 4.45. The molecule has 1 aromatic carbocycles. The van der Waals surface area contributed by atoms with Gasteiger partial charge in [0.2, 0.25) is 0 Å². The predicted octanol–water partition coefficient (Wildman–Crippen LogP) is 5.72. The van der Waals surface area contributed by atoms with Crippen LogP contribution in [0.2, 0.25) is 0 Å². The standard InChI is InChI=1S/C28H30O2/c1-25-13-17-11-21(27(17,25)3)19(23(25)29)9-15-6-5-7-16(8-15)10-20-22-12-18-14-26(2,24(20)30)28(18,22)4/h5-10,17-18,21-22H,11-14H2,1-4H3. The molecular formula is C28H30O2. The van der Waals surface area contributed by atoms with Crippen LogP contribution in [0.15, 0.2) is 35.4 Å². The maximum absolute atomic E-state index is 13.2. The molecule has 30 heavy (non-hydrogen) atoms. The molecule has 2 nitrogen and oxygen atoms in total. The molecule has 6 aliphatic carbocycles. The number of benzene rings is 1. The number of ketones is 2. The van der Waals surface area contributed by atoms with Crippen molar-refractivity contribution in [3.8, 4) is 0 Å². The Kier molecular flexibility index (Phi) is 2.81. The van der Waals surface area contributed by atoms with Crippen molar-refractivity contribution >= 4 is 23.7 Å². The van der Waals surface area contributed by atoms with Crippen LogP contribution in [0.4, 0.5) is 0 Å². The lowest BCUT2D eigenvalue weighted by molar-refractivity contribution is -0.198. The van der Waals surface area contributed by atoms with E-state index in [1.54, 1.807) is 0 Å². The highest BCUT2D eigenvalue weighted by Gasteiger charge is 2.79. The molecule has 1 aromatic rings. The molecule has 0 aromatic heterocycles. The van der Waals surface area contributed by atoms with Gasteiger partial charge in [0.05, 0.1) is 0 Å². The molecule has 6 saturated carbocycles. The minimum absolute atomic E-state index is 0.132. The van der Waals surface area contributed by atoms with E-state index >= 15 is 0 Å². The van der Waals surface area contributed by atoms with Crippen molar-refractivity contribution in [3.05, 3.63) is 46.5 Å². The van der Waals surface area contributed by atoms with Crippen LogP contribution in [0, 0.1) is 45.3 Å². The molecule has 154 valence electrons. The first kappa shape index (κ1) is 17.7. The third kappa shape index (κ3) is 1.51. The highest BCUT2D eigenvalue weighted by molar-refractivity contribution is 6.10. The third-order valence-corrected chi connectivity index (χ3v) is 11.7. The zero-order valence-electron chi connectivity index (χ0n) is 18.4. The van der Waals surface area contributed by atoms with Gasteiger partial charge in [-0.25, -0.2) is 0 Å². The fraction of sp³-hybridized carbons (Fsp3) is 0.571. The van der Waals surface area contributed by atoms with Crippen LogP contribution < -0.4 is 0 Å². The second kappa shape index (κ2) is 4.76. The summed E-state index contributed by atoms with van der Waals surface area (Å²) in [4.78, 5) is 26.4. The lowest BCUT2D eigenvalue weighted by Crippen LogP contribution is -2.63. The van der Waals surface area contributed by atoms with Gasteiger partial charge in [-0.1, -0.05) is 45.9 Å². The summed E-state index contributed by atoms with van der Waals surface area (Å²) in [6, 6.07) is 8.44. The zero-order valence-corrected chi connectivity index (χ0v) is 18.4. The van der Waals surface area contributed by atoms with Crippen LogP contribution in [0.25, 0.3) is 12.2 Å². The van der Waals surface area contributed by atoms with Crippen molar-refractivity contribution in [2.45, 2.75) is 53.4 Å². The molecule has 0 bridgehead atoms. The lowest BCUT2D eigenvalue weighted by atomic mass is 9.36. The minimum Gasteiger partial charge on any atom is -0.294 e.